The van der Waals surface area contributed by atoms with Gasteiger partial charge in [0.05, 0.1) is 0 Å². The maximum Gasteiger partial charge on any atom is 2.00 e. The first-order valence-corrected chi connectivity index (χ1v) is 1.15. The van der Waals surface area contributed by atoms with Gasteiger partial charge in [0.15, 0.2) is 0 Å². The second kappa shape index (κ2) is 8.93. The van der Waals surface area contributed by atoms with Crippen LogP contribution in [0.2, 0.25) is 0 Å². The Hall–Kier alpha value is 0.103. The molecule has 0 bridgehead atoms. The van der Waals surface area contributed by atoms with E-state index in [1.54, 1.807) is 12.2 Å². The summed E-state index contributed by atoms with van der Waals surface area (Å²) in [5, 5.41) is 0. The second-order valence-corrected chi connectivity index (χ2v) is 0.471. The second-order valence-electron chi connectivity index (χ2n) is 0.471. The standard InChI is InChI=1S/C4H6.Zn/c1-3-4-2;/h3-4H,1-2H2;/q-2;+2/b4-3-;. The predicted octanol–water partition coefficient (Wildman–Crippen LogP) is 1.21. The molecule has 0 aromatic rings. The van der Waals surface area contributed by atoms with Crippen molar-refractivity contribution in [3.05, 3.63) is 26.0 Å². The Balaban J connectivity index is 0. The number of allylic oxidation sites excluding steroid dienone is 2. The van der Waals surface area contributed by atoms with Gasteiger partial charge in [-0.1, -0.05) is 0 Å². The van der Waals surface area contributed by atoms with Crippen molar-refractivity contribution >= 4 is 0 Å². The molecule has 0 aliphatic heterocycles. The molecule has 0 atom stereocenters. The molecule has 0 aliphatic carbocycles. The van der Waals surface area contributed by atoms with E-state index >= 15 is 0 Å². The van der Waals surface area contributed by atoms with Crippen molar-refractivity contribution in [1.29, 1.82) is 0 Å². The summed E-state index contributed by atoms with van der Waals surface area (Å²) in [6.07, 6.45) is 3.28. The number of hydrogen-bond acceptors (Lipinski definition) is 0. The largest absolute Gasteiger partial charge is 2.00 e. The van der Waals surface area contributed by atoms with E-state index < -0.39 is 0 Å². The van der Waals surface area contributed by atoms with E-state index in [1.807, 2.05) is 0 Å². The average Bonchev–Trinajstić information content (AvgIpc) is 1.37. The Morgan fingerprint density at radius 2 is 1.20 bits per heavy atom. The minimum atomic E-state index is 0. The van der Waals surface area contributed by atoms with Crippen LogP contribution in [0.25, 0.3) is 0 Å². The molecule has 0 rings (SSSR count). The first kappa shape index (κ1) is 8.92. The van der Waals surface area contributed by atoms with Crippen LogP contribution in [0.1, 0.15) is 0 Å². The van der Waals surface area contributed by atoms with E-state index in [2.05, 4.69) is 13.8 Å². The molecular formula is C4H6Zn. The predicted molar refractivity (Wildman–Crippen MR) is 19.9 cm³/mol. The van der Waals surface area contributed by atoms with Gasteiger partial charge in [0.2, 0.25) is 0 Å². The summed E-state index contributed by atoms with van der Waals surface area (Å²) in [4.78, 5) is 0. The maximum atomic E-state index is 3.36. The van der Waals surface area contributed by atoms with E-state index in [0.29, 0.717) is 0 Å². The smallest absolute Gasteiger partial charge is 0.382 e. The molecule has 0 fully saturated rings. The Bertz CT molecular complexity index is 18.8. The Kier molecular flexibility index (Phi) is 15.9. The van der Waals surface area contributed by atoms with Gasteiger partial charge in [-0.2, -0.15) is 0 Å². The topological polar surface area (TPSA) is 0 Å². The van der Waals surface area contributed by atoms with Crippen LogP contribution in [-0.4, -0.2) is 0 Å². The molecule has 0 saturated heterocycles. The van der Waals surface area contributed by atoms with Crippen molar-refractivity contribution in [2.45, 2.75) is 0 Å². The molecule has 0 saturated carbocycles. The molecule has 0 radical (unpaired) electrons. The van der Waals surface area contributed by atoms with Crippen LogP contribution in [0.5, 0.6) is 0 Å². The van der Waals surface area contributed by atoms with Crippen LogP contribution in [-0.2, 0) is 19.5 Å². The van der Waals surface area contributed by atoms with E-state index in [9.17, 15) is 0 Å². The summed E-state index contributed by atoms with van der Waals surface area (Å²) >= 11 is 0. The normalized spacial score (nSPS) is 7.20. The van der Waals surface area contributed by atoms with Gasteiger partial charge >= 0.3 is 19.5 Å². The average molecular weight is 119 g/mol. The number of rotatable bonds is 0. The summed E-state index contributed by atoms with van der Waals surface area (Å²) in [7, 11) is 0. The molecule has 0 aliphatic rings. The third-order valence-electron chi connectivity index (χ3n) is 0.167. The van der Waals surface area contributed by atoms with Gasteiger partial charge in [0.1, 0.15) is 0 Å². The SMILES string of the molecule is [CH2-]/C=C\[CH2-].[Zn+2]. The van der Waals surface area contributed by atoms with Gasteiger partial charge in [-0.3, -0.25) is 0 Å². The van der Waals surface area contributed by atoms with Crippen molar-refractivity contribution in [3.8, 4) is 0 Å². The molecule has 0 nitrogen and oxygen atoms in total. The van der Waals surface area contributed by atoms with Crippen molar-refractivity contribution < 1.29 is 19.5 Å². The molecule has 0 spiro atoms. The summed E-state index contributed by atoms with van der Waals surface area (Å²) in [6, 6.07) is 0. The summed E-state index contributed by atoms with van der Waals surface area (Å²) in [5.41, 5.74) is 0. The van der Waals surface area contributed by atoms with Crippen LogP contribution >= 0.6 is 0 Å². The first-order chi connectivity index (χ1) is 1.91. The first-order valence-electron chi connectivity index (χ1n) is 1.15. The Morgan fingerprint density at radius 1 is 1.00 bits per heavy atom. The zero-order valence-electron chi connectivity index (χ0n) is 3.28. The minimum Gasteiger partial charge on any atom is -0.382 e. The monoisotopic (exact) mass is 118 g/mol. The van der Waals surface area contributed by atoms with E-state index in [4.69, 9.17) is 0 Å². The third kappa shape index (κ3) is 14.9. The molecule has 0 heterocycles. The van der Waals surface area contributed by atoms with Gasteiger partial charge in [0, 0.05) is 0 Å². The van der Waals surface area contributed by atoms with Crippen LogP contribution in [0, 0.1) is 13.8 Å². The quantitative estimate of drug-likeness (QED) is 0.332. The minimum absolute atomic E-state index is 0. The molecule has 5 heavy (non-hydrogen) atoms. The molecule has 0 aromatic carbocycles. The summed E-state index contributed by atoms with van der Waals surface area (Å²) in [6.45, 7) is 6.72. The van der Waals surface area contributed by atoms with Gasteiger partial charge in [-0.15, -0.1) is 0 Å². The molecule has 24 valence electrons. The fourth-order valence-electron chi connectivity index (χ4n) is 0. The zero-order chi connectivity index (χ0) is 3.41. The third-order valence-corrected chi connectivity index (χ3v) is 0.167. The van der Waals surface area contributed by atoms with Crippen LogP contribution < -0.4 is 0 Å². The van der Waals surface area contributed by atoms with E-state index in [0.717, 1.165) is 0 Å². The van der Waals surface area contributed by atoms with Crippen molar-refractivity contribution in [2.24, 2.45) is 0 Å². The van der Waals surface area contributed by atoms with Crippen molar-refractivity contribution in [3.63, 3.8) is 0 Å². The van der Waals surface area contributed by atoms with Crippen LogP contribution in [0.4, 0.5) is 0 Å². The van der Waals surface area contributed by atoms with Crippen molar-refractivity contribution in [2.75, 3.05) is 0 Å². The Labute approximate surface area is 46.0 Å². The van der Waals surface area contributed by atoms with Crippen LogP contribution in [0.15, 0.2) is 12.2 Å². The van der Waals surface area contributed by atoms with E-state index in [-0.39, 0.29) is 19.5 Å². The number of hydrogen-bond donors (Lipinski definition) is 0. The van der Waals surface area contributed by atoms with Gasteiger partial charge in [-0.25, -0.2) is 0 Å². The van der Waals surface area contributed by atoms with Gasteiger partial charge < -0.3 is 26.0 Å². The van der Waals surface area contributed by atoms with Gasteiger partial charge in [-0.05, 0) is 0 Å². The molecule has 0 aromatic heterocycles. The van der Waals surface area contributed by atoms with Crippen LogP contribution in [0.3, 0.4) is 0 Å². The zero-order valence-corrected chi connectivity index (χ0v) is 6.24. The van der Waals surface area contributed by atoms with Crippen molar-refractivity contribution in [1.82, 2.24) is 0 Å². The maximum absolute atomic E-state index is 3.36. The van der Waals surface area contributed by atoms with E-state index in [1.165, 1.54) is 0 Å². The summed E-state index contributed by atoms with van der Waals surface area (Å²) < 4.78 is 0. The molecule has 0 N–H and O–H groups in total. The fraction of sp³-hybridized carbons (Fsp3) is 0. The summed E-state index contributed by atoms with van der Waals surface area (Å²) in [5.74, 6) is 0. The Morgan fingerprint density at radius 3 is 1.20 bits per heavy atom. The molecule has 0 amide bonds. The van der Waals surface area contributed by atoms with Gasteiger partial charge in [0.25, 0.3) is 0 Å². The molecule has 0 unspecified atom stereocenters. The fourth-order valence-corrected chi connectivity index (χ4v) is 0. The molecular weight excluding hydrogens is 113 g/mol. The molecule has 1 heteroatoms.